The van der Waals surface area contributed by atoms with Crippen molar-refractivity contribution < 1.29 is 9.53 Å². The molecule has 2 aliphatic heterocycles. The summed E-state index contributed by atoms with van der Waals surface area (Å²) in [4.78, 5) is 17.0. The average molecular weight is 269 g/mol. The zero-order valence-electron chi connectivity index (χ0n) is 12.4. The second-order valence-corrected chi connectivity index (χ2v) is 6.06. The Hall–Kier alpha value is -0.650. The van der Waals surface area contributed by atoms with Gasteiger partial charge < -0.3 is 15.0 Å². The quantitative estimate of drug-likeness (QED) is 0.801. The Bertz CT molecular complexity index is 308. The number of hydrogen-bond acceptors (Lipinski definition) is 4. The molecule has 0 bridgehead atoms. The lowest BCUT2D eigenvalue weighted by molar-refractivity contribution is -0.145. The van der Waals surface area contributed by atoms with E-state index in [-0.39, 0.29) is 5.91 Å². The number of carbonyl (C=O) groups is 1. The molecule has 0 saturated carbocycles. The molecule has 0 aromatic carbocycles. The van der Waals surface area contributed by atoms with E-state index < -0.39 is 5.54 Å². The predicted octanol–water partition coefficient (Wildman–Crippen LogP) is 0.308. The molecule has 0 aliphatic carbocycles. The number of ether oxygens (including phenoxy) is 1. The maximum atomic E-state index is 12.8. The van der Waals surface area contributed by atoms with E-state index >= 15 is 0 Å². The normalized spacial score (nSPS) is 23.3. The van der Waals surface area contributed by atoms with Gasteiger partial charge in [0.2, 0.25) is 5.91 Å². The lowest BCUT2D eigenvalue weighted by atomic mass is 9.97. The van der Waals surface area contributed by atoms with E-state index in [1.54, 1.807) is 0 Å². The van der Waals surface area contributed by atoms with Crippen molar-refractivity contribution in [3.63, 3.8) is 0 Å². The first-order valence-electron chi connectivity index (χ1n) is 7.34. The van der Waals surface area contributed by atoms with Crippen molar-refractivity contribution in [3.8, 4) is 0 Å². The van der Waals surface area contributed by atoms with Gasteiger partial charge in [0, 0.05) is 52.5 Å². The van der Waals surface area contributed by atoms with Gasteiger partial charge in [-0.15, -0.1) is 0 Å². The van der Waals surface area contributed by atoms with Crippen LogP contribution in [0.25, 0.3) is 0 Å². The van der Waals surface area contributed by atoms with Gasteiger partial charge in [-0.2, -0.15) is 0 Å². The van der Waals surface area contributed by atoms with E-state index in [2.05, 4.69) is 24.1 Å². The Morgan fingerprint density at radius 1 is 1.26 bits per heavy atom. The van der Waals surface area contributed by atoms with Crippen molar-refractivity contribution in [2.75, 3.05) is 46.4 Å². The van der Waals surface area contributed by atoms with Crippen LogP contribution < -0.4 is 5.32 Å². The fourth-order valence-electron chi connectivity index (χ4n) is 3.03. The van der Waals surface area contributed by atoms with Gasteiger partial charge >= 0.3 is 0 Å². The average Bonchev–Trinajstić information content (AvgIpc) is 2.47. The van der Waals surface area contributed by atoms with Gasteiger partial charge in [0.1, 0.15) is 0 Å². The highest BCUT2D eigenvalue weighted by Gasteiger charge is 2.39. The zero-order chi connectivity index (χ0) is 13.9. The van der Waals surface area contributed by atoms with Crippen molar-refractivity contribution in [3.05, 3.63) is 0 Å². The lowest BCUT2D eigenvalue weighted by Gasteiger charge is -2.43. The minimum Gasteiger partial charge on any atom is -0.381 e. The van der Waals surface area contributed by atoms with Crippen LogP contribution in [0.5, 0.6) is 0 Å². The Kier molecular flexibility index (Phi) is 4.81. The van der Waals surface area contributed by atoms with Crippen LogP contribution in [-0.2, 0) is 9.53 Å². The Balaban J connectivity index is 1.99. The topological polar surface area (TPSA) is 44.8 Å². The number of likely N-dealkylation sites (N-methyl/N-ethyl adjacent to an activating group) is 1. The molecule has 0 radical (unpaired) electrons. The highest BCUT2D eigenvalue weighted by atomic mass is 16.5. The highest BCUT2D eigenvalue weighted by molar-refractivity contribution is 5.85. The van der Waals surface area contributed by atoms with Gasteiger partial charge in [0.05, 0.1) is 5.54 Å². The molecular weight excluding hydrogens is 242 g/mol. The smallest absolute Gasteiger partial charge is 0.242 e. The third-order valence-corrected chi connectivity index (χ3v) is 4.49. The second kappa shape index (κ2) is 6.20. The molecule has 5 heteroatoms. The van der Waals surface area contributed by atoms with Gasteiger partial charge in [0.25, 0.3) is 0 Å². The highest BCUT2D eigenvalue weighted by Crippen LogP contribution is 2.22. The maximum absolute atomic E-state index is 12.8. The van der Waals surface area contributed by atoms with Crippen LogP contribution in [0.15, 0.2) is 0 Å². The number of nitrogens with one attached hydrogen (secondary N) is 1. The first kappa shape index (κ1) is 14.8. The predicted molar refractivity (Wildman–Crippen MR) is 75.1 cm³/mol. The third-order valence-electron chi connectivity index (χ3n) is 4.49. The van der Waals surface area contributed by atoms with E-state index in [1.165, 1.54) is 0 Å². The molecule has 2 saturated heterocycles. The molecule has 0 aromatic heterocycles. The van der Waals surface area contributed by atoms with Gasteiger partial charge in [-0.25, -0.2) is 0 Å². The fraction of sp³-hybridized carbons (Fsp3) is 0.929. The van der Waals surface area contributed by atoms with Crippen LogP contribution in [-0.4, -0.2) is 73.7 Å². The minimum absolute atomic E-state index is 0.237. The third kappa shape index (κ3) is 3.27. The number of rotatable bonds is 3. The molecule has 0 spiro atoms. The van der Waals surface area contributed by atoms with Crippen LogP contribution in [0.4, 0.5) is 0 Å². The van der Waals surface area contributed by atoms with Gasteiger partial charge in [-0.1, -0.05) is 0 Å². The summed E-state index contributed by atoms with van der Waals surface area (Å²) in [6, 6.07) is 0.337. The van der Waals surface area contributed by atoms with Crippen LogP contribution in [0.3, 0.4) is 0 Å². The summed E-state index contributed by atoms with van der Waals surface area (Å²) >= 11 is 0. The molecule has 19 heavy (non-hydrogen) atoms. The number of nitrogens with zero attached hydrogens (tertiary/aromatic N) is 2. The van der Waals surface area contributed by atoms with Crippen LogP contribution >= 0.6 is 0 Å². The molecule has 1 N–H and O–H groups in total. The Morgan fingerprint density at radius 3 is 2.42 bits per heavy atom. The number of carbonyl (C=O) groups excluding carboxylic acids is 1. The minimum atomic E-state index is -0.408. The van der Waals surface area contributed by atoms with E-state index in [4.69, 9.17) is 4.74 Å². The molecule has 110 valence electrons. The standard InChI is InChI=1S/C14H27N3O2/c1-14(2,17-8-6-15-7-9-17)13(18)16(3)12-4-10-19-11-5-12/h12,15H,4-11H2,1-3H3. The number of hydrogen-bond donors (Lipinski definition) is 1. The van der Waals surface area contributed by atoms with Crippen molar-refractivity contribution in [2.45, 2.75) is 38.3 Å². The zero-order valence-corrected chi connectivity index (χ0v) is 12.4. The monoisotopic (exact) mass is 269 g/mol. The molecule has 2 fully saturated rings. The summed E-state index contributed by atoms with van der Waals surface area (Å²) in [6.07, 6.45) is 1.92. The van der Waals surface area contributed by atoms with Crippen LogP contribution in [0.1, 0.15) is 26.7 Å². The summed E-state index contributed by atoms with van der Waals surface area (Å²) in [5.74, 6) is 0.237. The van der Waals surface area contributed by atoms with Gasteiger partial charge in [-0.3, -0.25) is 9.69 Å². The van der Waals surface area contributed by atoms with Crippen molar-refractivity contribution in [2.24, 2.45) is 0 Å². The van der Waals surface area contributed by atoms with Crippen LogP contribution in [0, 0.1) is 0 Å². The van der Waals surface area contributed by atoms with E-state index in [9.17, 15) is 4.79 Å². The molecule has 2 heterocycles. The van der Waals surface area contributed by atoms with Gasteiger partial charge in [-0.05, 0) is 26.7 Å². The summed E-state index contributed by atoms with van der Waals surface area (Å²) in [5.41, 5.74) is -0.408. The molecule has 5 nitrogen and oxygen atoms in total. The molecule has 2 aliphatic rings. The molecule has 0 unspecified atom stereocenters. The summed E-state index contributed by atoms with van der Waals surface area (Å²) in [5, 5.41) is 3.34. The van der Waals surface area contributed by atoms with Crippen molar-refractivity contribution in [1.82, 2.24) is 15.1 Å². The molecule has 1 amide bonds. The molecule has 0 aromatic rings. The van der Waals surface area contributed by atoms with Gasteiger partial charge in [0.15, 0.2) is 0 Å². The lowest BCUT2D eigenvalue weighted by Crippen LogP contribution is -2.61. The number of amides is 1. The molecule has 2 rings (SSSR count). The summed E-state index contributed by atoms with van der Waals surface area (Å²) < 4.78 is 5.37. The van der Waals surface area contributed by atoms with Crippen molar-refractivity contribution >= 4 is 5.91 Å². The Labute approximate surface area is 116 Å². The fourth-order valence-corrected chi connectivity index (χ4v) is 3.03. The number of piperazine rings is 1. The molecular formula is C14H27N3O2. The van der Waals surface area contributed by atoms with Crippen molar-refractivity contribution in [1.29, 1.82) is 0 Å². The second-order valence-electron chi connectivity index (χ2n) is 6.06. The van der Waals surface area contributed by atoms with Crippen LogP contribution in [0.2, 0.25) is 0 Å². The summed E-state index contributed by atoms with van der Waals surface area (Å²) in [7, 11) is 1.95. The molecule has 0 atom stereocenters. The SMILES string of the molecule is CN(C(=O)C(C)(C)N1CCNCC1)C1CCOCC1. The summed E-state index contributed by atoms with van der Waals surface area (Å²) in [6.45, 7) is 9.48. The van der Waals surface area contributed by atoms with E-state index in [0.717, 1.165) is 52.2 Å². The largest absolute Gasteiger partial charge is 0.381 e. The van der Waals surface area contributed by atoms with E-state index in [1.807, 2.05) is 11.9 Å². The Morgan fingerprint density at radius 2 is 1.84 bits per heavy atom. The maximum Gasteiger partial charge on any atom is 0.242 e. The van der Waals surface area contributed by atoms with E-state index in [0.29, 0.717) is 6.04 Å². The first-order valence-corrected chi connectivity index (χ1v) is 7.34. The first-order chi connectivity index (χ1) is 9.03.